The Morgan fingerprint density at radius 3 is 2.42 bits per heavy atom. The normalized spacial score (nSPS) is 12.6. The molecule has 1 N–H and O–H groups in total. The molecule has 3 aromatic carbocycles. The van der Waals surface area contributed by atoms with Crippen LogP contribution in [0.5, 0.6) is 5.75 Å². The number of rotatable bonds is 7. The molecule has 2 heterocycles. The quantitative estimate of drug-likeness (QED) is 0.197. The Labute approximate surface area is 262 Å². The van der Waals surface area contributed by atoms with Crippen LogP contribution in [0.2, 0.25) is 0 Å². The average Bonchev–Trinajstić information content (AvgIpc) is 3.62. The summed E-state index contributed by atoms with van der Waals surface area (Å²) in [6.07, 6.45) is -1.65. The van der Waals surface area contributed by atoms with Gasteiger partial charge in [0.15, 0.2) is 10.6 Å². The second kappa shape index (κ2) is 12.9. The molecule has 0 aliphatic carbocycles. The standard InChI is InChI=1S/C33H31F3N6O2S/c1-20(2)28-15-6-21(3)16-29(28)42-23(5)18-45-32(42)39-31(43)37-17-22(4)24-7-9-25(10-8-24)30-38-19-41(40-30)26-11-13-27(14-12-26)44-33(34,35)36/h6-20H,1-5H3,(H,37,43)/b22-17+,39-32?. The number of carbonyl (C=O) groups is 1. The number of nitrogens with zero attached hydrogens (tertiary/aromatic N) is 5. The second-order valence-corrected chi connectivity index (χ2v) is 11.6. The van der Waals surface area contributed by atoms with E-state index >= 15 is 0 Å². The smallest absolute Gasteiger partial charge is 0.406 e. The summed E-state index contributed by atoms with van der Waals surface area (Å²) in [5.74, 6) is 0.433. The lowest BCUT2D eigenvalue weighted by atomic mass is 9.99. The molecule has 45 heavy (non-hydrogen) atoms. The zero-order chi connectivity index (χ0) is 32.3. The highest BCUT2D eigenvalue weighted by atomic mass is 32.1. The second-order valence-electron chi connectivity index (χ2n) is 10.7. The number of carbonyl (C=O) groups excluding carboxylic acids is 1. The van der Waals surface area contributed by atoms with E-state index in [4.69, 9.17) is 0 Å². The highest BCUT2D eigenvalue weighted by Gasteiger charge is 2.31. The molecule has 0 radical (unpaired) electrons. The molecular weight excluding hydrogens is 601 g/mol. The number of aromatic nitrogens is 4. The van der Waals surface area contributed by atoms with Crippen LogP contribution < -0.4 is 14.9 Å². The molecule has 232 valence electrons. The number of hydrogen-bond donors (Lipinski definition) is 1. The SMILES string of the molecule is C/C(=C\NC(=O)N=c1scc(C)n1-c1cc(C)ccc1C(C)C)c1ccc(-c2ncn(-c3ccc(OC(F)(F)F)cc3)n2)cc1. The number of amides is 2. The van der Waals surface area contributed by atoms with Crippen molar-refractivity contribution in [2.75, 3.05) is 0 Å². The Balaban J connectivity index is 1.28. The van der Waals surface area contributed by atoms with Crippen molar-refractivity contribution in [2.45, 2.75) is 46.9 Å². The Morgan fingerprint density at radius 2 is 1.76 bits per heavy atom. The summed E-state index contributed by atoms with van der Waals surface area (Å²) in [4.78, 5) is 22.1. The number of aryl methyl sites for hydroxylation is 2. The van der Waals surface area contributed by atoms with Gasteiger partial charge in [-0.1, -0.05) is 50.2 Å². The molecule has 2 amide bonds. The summed E-state index contributed by atoms with van der Waals surface area (Å²) in [5, 5.41) is 9.20. The van der Waals surface area contributed by atoms with E-state index in [0.717, 1.165) is 33.6 Å². The Kier molecular flexibility index (Phi) is 9.05. The maximum atomic E-state index is 12.9. The maximum absolute atomic E-state index is 12.9. The summed E-state index contributed by atoms with van der Waals surface area (Å²) < 4.78 is 44.7. The molecule has 0 spiro atoms. The molecule has 0 atom stereocenters. The van der Waals surface area contributed by atoms with Gasteiger partial charge in [-0.15, -0.1) is 29.6 Å². The van der Waals surface area contributed by atoms with Crippen LogP contribution in [-0.2, 0) is 0 Å². The van der Waals surface area contributed by atoms with E-state index in [-0.39, 0.29) is 5.75 Å². The fraction of sp³-hybridized carbons (Fsp3) is 0.212. The lowest BCUT2D eigenvalue weighted by Gasteiger charge is -2.16. The van der Waals surface area contributed by atoms with Gasteiger partial charge < -0.3 is 10.1 Å². The Hall–Kier alpha value is -4.97. The van der Waals surface area contributed by atoms with Crippen LogP contribution in [0.25, 0.3) is 28.3 Å². The lowest BCUT2D eigenvalue weighted by molar-refractivity contribution is -0.274. The van der Waals surface area contributed by atoms with Crippen LogP contribution in [0.15, 0.2) is 89.6 Å². The number of urea groups is 1. The van der Waals surface area contributed by atoms with E-state index < -0.39 is 12.4 Å². The third-order valence-electron chi connectivity index (χ3n) is 6.96. The number of halogens is 3. The third kappa shape index (κ3) is 7.58. The predicted molar refractivity (Wildman–Crippen MR) is 168 cm³/mol. The molecule has 12 heteroatoms. The first-order chi connectivity index (χ1) is 21.4. The molecule has 5 rings (SSSR count). The van der Waals surface area contributed by atoms with Crippen molar-refractivity contribution in [2.24, 2.45) is 4.99 Å². The first kappa shape index (κ1) is 31.5. The topological polar surface area (TPSA) is 86.3 Å². The van der Waals surface area contributed by atoms with E-state index in [2.05, 4.69) is 57.2 Å². The maximum Gasteiger partial charge on any atom is 0.573 e. The molecule has 5 aromatic rings. The molecule has 0 fully saturated rings. The van der Waals surface area contributed by atoms with Crippen molar-refractivity contribution in [3.63, 3.8) is 0 Å². The fourth-order valence-corrected chi connectivity index (χ4v) is 5.54. The van der Waals surface area contributed by atoms with Crippen molar-refractivity contribution in [1.29, 1.82) is 0 Å². The van der Waals surface area contributed by atoms with E-state index in [1.165, 1.54) is 52.2 Å². The van der Waals surface area contributed by atoms with E-state index in [1.54, 1.807) is 6.20 Å². The highest BCUT2D eigenvalue weighted by molar-refractivity contribution is 7.07. The van der Waals surface area contributed by atoms with Crippen molar-refractivity contribution >= 4 is 22.9 Å². The number of nitrogens with one attached hydrogen (secondary N) is 1. The molecule has 0 unspecified atom stereocenters. The number of hydrogen-bond acceptors (Lipinski definition) is 5. The molecule has 0 saturated heterocycles. The minimum atomic E-state index is -4.76. The number of benzene rings is 3. The van der Waals surface area contributed by atoms with Crippen molar-refractivity contribution in [3.8, 4) is 28.5 Å². The molecular formula is C33H31F3N6O2S. The minimum absolute atomic E-state index is 0.306. The monoisotopic (exact) mass is 632 g/mol. The van der Waals surface area contributed by atoms with Crippen LogP contribution in [0.1, 0.15) is 49.1 Å². The van der Waals surface area contributed by atoms with Gasteiger partial charge in [0.1, 0.15) is 12.1 Å². The van der Waals surface area contributed by atoms with Gasteiger partial charge in [-0.2, -0.15) is 4.99 Å². The Bertz CT molecular complexity index is 1920. The summed E-state index contributed by atoms with van der Waals surface area (Å²) in [6, 6.07) is 18.7. The Morgan fingerprint density at radius 1 is 1.04 bits per heavy atom. The van der Waals surface area contributed by atoms with Gasteiger partial charge in [-0.25, -0.2) is 14.5 Å². The van der Waals surface area contributed by atoms with Crippen molar-refractivity contribution in [1.82, 2.24) is 24.6 Å². The van der Waals surface area contributed by atoms with E-state index in [0.29, 0.717) is 22.2 Å². The number of allylic oxidation sites excluding steroid dienone is 1. The van der Waals surface area contributed by atoms with Gasteiger partial charge in [0.05, 0.1) is 11.4 Å². The third-order valence-corrected chi connectivity index (χ3v) is 7.91. The van der Waals surface area contributed by atoms with Crippen molar-refractivity contribution in [3.05, 3.63) is 112 Å². The van der Waals surface area contributed by atoms with Crippen LogP contribution >= 0.6 is 11.3 Å². The minimum Gasteiger partial charge on any atom is -0.406 e. The predicted octanol–water partition coefficient (Wildman–Crippen LogP) is 8.10. The summed E-state index contributed by atoms with van der Waals surface area (Å²) in [5.41, 5.74) is 7.30. The van der Waals surface area contributed by atoms with Gasteiger partial charge in [0, 0.05) is 22.8 Å². The van der Waals surface area contributed by atoms with Crippen LogP contribution in [0.4, 0.5) is 18.0 Å². The molecule has 0 aliphatic rings. The molecule has 0 aliphatic heterocycles. The molecule has 0 saturated carbocycles. The zero-order valence-corrected chi connectivity index (χ0v) is 26.1. The average molecular weight is 633 g/mol. The van der Waals surface area contributed by atoms with Gasteiger partial charge in [0.2, 0.25) is 0 Å². The van der Waals surface area contributed by atoms with Gasteiger partial charge in [0.25, 0.3) is 0 Å². The number of alkyl halides is 3. The largest absolute Gasteiger partial charge is 0.573 e. The van der Waals surface area contributed by atoms with Crippen LogP contribution in [0.3, 0.4) is 0 Å². The summed E-state index contributed by atoms with van der Waals surface area (Å²) in [6.45, 7) is 10.2. The molecule has 2 aromatic heterocycles. The first-order valence-electron chi connectivity index (χ1n) is 14.1. The molecule has 0 bridgehead atoms. The van der Waals surface area contributed by atoms with Crippen LogP contribution in [-0.4, -0.2) is 31.7 Å². The van der Waals surface area contributed by atoms with Gasteiger partial charge >= 0.3 is 12.4 Å². The highest BCUT2D eigenvalue weighted by Crippen LogP contribution is 2.26. The fourth-order valence-electron chi connectivity index (χ4n) is 4.67. The van der Waals surface area contributed by atoms with Gasteiger partial charge in [-0.05, 0) is 79.3 Å². The molecule has 8 nitrogen and oxygen atoms in total. The number of ether oxygens (including phenoxy) is 1. The lowest BCUT2D eigenvalue weighted by Crippen LogP contribution is -2.22. The zero-order valence-electron chi connectivity index (χ0n) is 25.3. The van der Waals surface area contributed by atoms with E-state index in [1.807, 2.05) is 55.0 Å². The first-order valence-corrected chi connectivity index (χ1v) is 14.9. The van der Waals surface area contributed by atoms with Gasteiger partial charge in [-0.3, -0.25) is 4.57 Å². The summed E-state index contributed by atoms with van der Waals surface area (Å²) >= 11 is 1.41. The van der Waals surface area contributed by atoms with E-state index in [9.17, 15) is 18.0 Å². The summed E-state index contributed by atoms with van der Waals surface area (Å²) in [7, 11) is 0. The van der Waals surface area contributed by atoms with Crippen LogP contribution in [0, 0.1) is 13.8 Å². The number of thiazole rings is 1. The van der Waals surface area contributed by atoms with Crippen molar-refractivity contribution < 1.29 is 22.7 Å².